The summed E-state index contributed by atoms with van der Waals surface area (Å²) in [6.45, 7) is 3.21. The van der Waals surface area contributed by atoms with Crippen molar-refractivity contribution in [3.8, 4) is 0 Å². The van der Waals surface area contributed by atoms with Gasteiger partial charge in [-0.25, -0.2) is 0 Å². The monoisotopic (exact) mass is 173 g/mol. The van der Waals surface area contributed by atoms with Crippen molar-refractivity contribution in [2.24, 2.45) is 0 Å². The quantitative estimate of drug-likeness (QED) is 0.581. The highest BCUT2D eigenvalue weighted by molar-refractivity contribution is 4.73. The summed E-state index contributed by atoms with van der Waals surface area (Å²) in [4.78, 5) is 4.52. The van der Waals surface area contributed by atoms with Crippen molar-refractivity contribution in [3.05, 3.63) is 0 Å². The summed E-state index contributed by atoms with van der Waals surface area (Å²) in [6, 6.07) is 0. The minimum absolute atomic E-state index is 0.242. The van der Waals surface area contributed by atoms with Gasteiger partial charge in [-0.1, -0.05) is 0 Å². The van der Waals surface area contributed by atoms with Crippen LogP contribution in [0.2, 0.25) is 0 Å². The van der Waals surface area contributed by atoms with Gasteiger partial charge in [0.25, 0.3) is 0 Å². The lowest BCUT2D eigenvalue weighted by atomic mass is 10.3. The van der Waals surface area contributed by atoms with Gasteiger partial charge in [0.1, 0.15) is 6.29 Å². The predicted molar refractivity (Wildman–Crippen MR) is 48.8 cm³/mol. The van der Waals surface area contributed by atoms with Crippen LogP contribution < -0.4 is 5.32 Å². The highest BCUT2D eigenvalue weighted by atomic mass is 16.3. The van der Waals surface area contributed by atoms with Gasteiger partial charge in [-0.15, -0.1) is 0 Å². The summed E-state index contributed by atoms with van der Waals surface area (Å²) >= 11 is 0. The Bertz CT molecular complexity index is 129. The number of hydrogen-bond donors (Lipinski definition) is 2. The molecule has 0 aromatic carbocycles. The molecular formula is C8H19N3O. The molecule has 0 spiro atoms. The molecule has 0 aliphatic carbocycles. The maximum absolute atomic E-state index is 8.83. The van der Waals surface area contributed by atoms with Crippen molar-refractivity contribution in [1.82, 2.24) is 15.1 Å². The van der Waals surface area contributed by atoms with Crippen molar-refractivity contribution in [1.29, 1.82) is 0 Å². The maximum Gasteiger partial charge on any atom is 0.116 e. The van der Waals surface area contributed by atoms with E-state index in [4.69, 9.17) is 5.11 Å². The van der Waals surface area contributed by atoms with Crippen LogP contribution in [0.1, 0.15) is 6.42 Å². The molecule has 0 aromatic rings. The van der Waals surface area contributed by atoms with Gasteiger partial charge < -0.3 is 5.11 Å². The molecule has 12 heavy (non-hydrogen) atoms. The van der Waals surface area contributed by atoms with E-state index in [1.165, 1.54) is 6.42 Å². The second-order valence-electron chi connectivity index (χ2n) is 3.26. The molecule has 0 amide bonds. The zero-order chi connectivity index (χ0) is 8.97. The van der Waals surface area contributed by atoms with E-state index >= 15 is 0 Å². The van der Waals surface area contributed by atoms with E-state index in [2.05, 4.69) is 22.2 Å². The van der Waals surface area contributed by atoms with E-state index in [0.29, 0.717) is 6.29 Å². The molecule has 0 radical (unpaired) electrons. The number of nitrogens with one attached hydrogen (secondary N) is 1. The second kappa shape index (κ2) is 4.77. The van der Waals surface area contributed by atoms with E-state index in [0.717, 1.165) is 19.6 Å². The van der Waals surface area contributed by atoms with Crippen molar-refractivity contribution >= 4 is 0 Å². The summed E-state index contributed by atoms with van der Waals surface area (Å²) < 4.78 is 0. The Labute approximate surface area is 74.2 Å². The number of aliphatic hydroxyl groups excluding tert-OH is 1. The average molecular weight is 173 g/mol. The van der Waals surface area contributed by atoms with Gasteiger partial charge in [0.2, 0.25) is 0 Å². The summed E-state index contributed by atoms with van der Waals surface area (Å²) in [5.74, 6) is 0. The van der Waals surface area contributed by atoms with E-state index in [-0.39, 0.29) is 6.61 Å². The summed E-state index contributed by atoms with van der Waals surface area (Å²) in [6.07, 6.45) is 1.49. The van der Waals surface area contributed by atoms with E-state index in [1.54, 1.807) is 0 Å². The second-order valence-corrected chi connectivity index (χ2v) is 3.26. The molecule has 0 aromatic heterocycles. The first-order chi connectivity index (χ1) is 5.79. The zero-order valence-electron chi connectivity index (χ0n) is 7.95. The summed E-state index contributed by atoms with van der Waals surface area (Å²) in [7, 11) is 4.06. The molecule has 4 nitrogen and oxygen atoms in total. The SMILES string of the molecule is CNC1N(C)CCCN1CCO. The number of aliphatic hydroxyl groups is 1. The zero-order valence-corrected chi connectivity index (χ0v) is 7.95. The van der Waals surface area contributed by atoms with Crippen LogP contribution in [0.15, 0.2) is 0 Å². The van der Waals surface area contributed by atoms with Crippen LogP contribution in [0.25, 0.3) is 0 Å². The molecule has 1 aliphatic rings. The van der Waals surface area contributed by atoms with Crippen molar-refractivity contribution in [2.75, 3.05) is 40.3 Å². The van der Waals surface area contributed by atoms with Crippen LogP contribution in [-0.2, 0) is 0 Å². The van der Waals surface area contributed by atoms with Crippen molar-refractivity contribution in [3.63, 3.8) is 0 Å². The molecule has 1 fully saturated rings. The molecule has 1 atom stereocenters. The molecule has 0 bridgehead atoms. The summed E-state index contributed by atoms with van der Waals surface area (Å²) in [5, 5.41) is 12.1. The van der Waals surface area contributed by atoms with Gasteiger partial charge in [0.15, 0.2) is 0 Å². The molecule has 2 N–H and O–H groups in total. The molecule has 1 saturated heterocycles. The third kappa shape index (κ3) is 2.17. The van der Waals surface area contributed by atoms with Crippen LogP contribution >= 0.6 is 0 Å². The Morgan fingerprint density at radius 3 is 2.83 bits per heavy atom. The van der Waals surface area contributed by atoms with E-state index in [1.807, 2.05) is 7.05 Å². The van der Waals surface area contributed by atoms with Crippen molar-refractivity contribution in [2.45, 2.75) is 12.7 Å². The highest BCUT2D eigenvalue weighted by Gasteiger charge is 2.23. The molecule has 1 unspecified atom stereocenters. The molecule has 1 rings (SSSR count). The Hall–Kier alpha value is -0.160. The fourth-order valence-electron chi connectivity index (χ4n) is 1.81. The van der Waals surface area contributed by atoms with Gasteiger partial charge in [0.05, 0.1) is 6.61 Å². The molecule has 0 saturated carbocycles. The topological polar surface area (TPSA) is 38.7 Å². The van der Waals surface area contributed by atoms with Crippen LogP contribution in [0.4, 0.5) is 0 Å². The number of rotatable bonds is 3. The van der Waals surface area contributed by atoms with Crippen LogP contribution in [0.5, 0.6) is 0 Å². The fourth-order valence-corrected chi connectivity index (χ4v) is 1.81. The number of β-amino-alcohol motifs (C(OH)–C–C–N with tert-alkyl or cyclic N) is 1. The van der Waals surface area contributed by atoms with Gasteiger partial charge in [-0.3, -0.25) is 15.1 Å². The van der Waals surface area contributed by atoms with Crippen molar-refractivity contribution < 1.29 is 5.11 Å². The fraction of sp³-hybridized carbons (Fsp3) is 1.00. The van der Waals surface area contributed by atoms with E-state index in [9.17, 15) is 0 Å². The third-order valence-electron chi connectivity index (χ3n) is 2.36. The first-order valence-electron chi connectivity index (χ1n) is 4.52. The third-order valence-corrected chi connectivity index (χ3v) is 2.36. The maximum atomic E-state index is 8.83. The molecule has 1 heterocycles. The summed E-state index contributed by atoms with van der Waals surface area (Å²) in [5.41, 5.74) is 0. The average Bonchev–Trinajstić information content (AvgIpc) is 2.05. The van der Waals surface area contributed by atoms with Gasteiger partial charge in [0, 0.05) is 19.6 Å². The Morgan fingerprint density at radius 1 is 1.50 bits per heavy atom. The van der Waals surface area contributed by atoms with Crippen LogP contribution in [-0.4, -0.2) is 61.5 Å². The number of hydrogen-bond acceptors (Lipinski definition) is 4. The molecule has 72 valence electrons. The molecular weight excluding hydrogens is 154 g/mol. The first-order valence-corrected chi connectivity index (χ1v) is 4.52. The minimum Gasteiger partial charge on any atom is -0.395 e. The standard InChI is InChI=1S/C8H19N3O/c1-9-8-10(2)4-3-5-11(8)6-7-12/h8-9,12H,3-7H2,1-2H3. The van der Waals surface area contributed by atoms with Gasteiger partial charge >= 0.3 is 0 Å². The lowest BCUT2D eigenvalue weighted by Crippen LogP contribution is -2.58. The van der Waals surface area contributed by atoms with E-state index < -0.39 is 0 Å². The van der Waals surface area contributed by atoms with Crippen LogP contribution in [0.3, 0.4) is 0 Å². The molecule has 1 aliphatic heterocycles. The van der Waals surface area contributed by atoms with Gasteiger partial charge in [-0.05, 0) is 20.5 Å². The number of nitrogens with zero attached hydrogens (tertiary/aromatic N) is 2. The Balaban J connectivity index is 2.45. The molecule has 4 heteroatoms. The first kappa shape index (κ1) is 9.92. The highest BCUT2D eigenvalue weighted by Crippen LogP contribution is 2.08. The minimum atomic E-state index is 0.242. The van der Waals surface area contributed by atoms with Gasteiger partial charge in [-0.2, -0.15) is 0 Å². The lowest BCUT2D eigenvalue weighted by molar-refractivity contribution is -0.00470. The normalized spacial score (nSPS) is 27.8. The lowest BCUT2D eigenvalue weighted by Gasteiger charge is -2.41. The smallest absolute Gasteiger partial charge is 0.116 e. The largest absolute Gasteiger partial charge is 0.395 e. The predicted octanol–water partition coefficient (Wildman–Crippen LogP) is -0.881. The van der Waals surface area contributed by atoms with Crippen LogP contribution in [0, 0.1) is 0 Å². The Morgan fingerprint density at radius 2 is 2.25 bits per heavy atom. The Kier molecular flexibility index (Phi) is 3.94.